The first-order chi connectivity index (χ1) is 15.8. The quantitative estimate of drug-likeness (QED) is 0.531. The van der Waals surface area contributed by atoms with Crippen molar-refractivity contribution in [1.29, 1.82) is 0 Å². The molecule has 33 heavy (non-hydrogen) atoms. The first-order valence-electron chi connectivity index (χ1n) is 11.2. The van der Waals surface area contributed by atoms with Crippen LogP contribution in [0.2, 0.25) is 0 Å². The van der Waals surface area contributed by atoms with Gasteiger partial charge in [-0.15, -0.1) is 10.2 Å². The molecule has 0 N–H and O–H groups in total. The minimum absolute atomic E-state index is 0.0112. The molecule has 0 aliphatic carbocycles. The van der Waals surface area contributed by atoms with Crippen molar-refractivity contribution in [3.05, 3.63) is 53.1 Å². The lowest BCUT2D eigenvalue weighted by molar-refractivity contribution is 0.0961. The average molecular weight is 450 g/mol. The molecule has 2 aromatic carbocycles. The van der Waals surface area contributed by atoms with Crippen LogP contribution in [-0.4, -0.2) is 59.4 Å². The van der Waals surface area contributed by atoms with Crippen molar-refractivity contribution in [2.45, 2.75) is 39.7 Å². The van der Waals surface area contributed by atoms with Gasteiger partial charge in [-0.3, -0.25) is 4.79 Å². The first kappa shape index (κ1) is 22.9. The Labute approximate surface area is 194 Å². The summed E-state index contributed by atoms with van der Waals surface area (Å²) in [5.41, 5.74) is 4.31. The highest BCUT2D eigenvalue weighted by molar-refractivity contribution is 5.97. The van der Waals surface area contributed by atoms with Crippen molar-refractivity contribution in [2.75, 3.05) is 38.3 Å². The molecule has 1 saturated heterocycles. The van der Waals surface area contributed by atoms with E-state index in [0.29, 0.717) is 24.6 Å². The standard InChI is InChI=1S/C25H31N5O3/c1-17-7-6-8-18(13-17)24-26-28-30(27-24)16-22(31)19-14-20(25(2,3)4)23(32-5)21(15-19)29-9-11-33-12-10-29/h6-8,13-15H,9-12,16H2,1-5H3. The Balaban J connectivity index is 1.66. The van der Waals surface area contributed by atoms with E-state index in [0.717, 1.165) is 41.2 Å². The van der Waals surface area contributed by atoms with Crippen molar-refractivity contribution >= 4 is 11.5 Å². The number of carbonyl (C=O) groups excluding carboxylic acids is 1. The fourth-order valence-corrected chi connectivity index (χ4v) is 4.01. The zero-order valence-electron chi connectivity index (χ0n) is 20.0. The summed E-state index contributed by atoms with van der Waals surface area (Å²) in [6, 6.07) is 11.7. The van der Waals surface area contributed by atoms with Gasteiger partial charge in [0.05, 0.1) is 26.0 Å². The summed E-state index contributed by atoms with van der Waals surface area (Å²) in [6.45, 7) is 11.2. The van der Waals surface area contributed by atoms with E-state index < -0.39 is 0 Å². The molecule has 1 aliphatic heterocycles. The van der Waals surface area contributed by atoms with E-state index in [1.165, 1.54) is 4.80 Å². The Morgan fingerprint density at radius 2 is 1.91 bits per heavy atom. The molecule has 0 amide bonds. The third-order valence-corrected chi connectivity index (χ3v) is 5.77. The summed E-state index contributed by atoms with van der Waals surface area (Å²) >= 11 is 0. The van der Waals surface area contributed by atoms with E-state index in [2.05, 4.69) is 41.1 Å². The number of anilines is 1. The van der Waals surface area contributed by atoms with Gasteiger partial charge in [-0.2, -0.15) is 4.80 Å². The van der Waals surface area contributed by atoms with Crippen LogP contribution >= 0.6 is 0 Å². The molecule has 0 radical (unpaired) electrons. The maximum Gasteiger partial charge on any atom is 0.204 e. The molecule has 1 aliphatic rings. The second-order valence-electron chi connectivity index (χ2n) is 9.36. The Morgan fingerprint density at radius 3 is 2.58 bits per heavy atom. The van der Waals surface area contributed by atoms with E-state index in [9.17, 15) is 4.79 Å². The number of hydrogen-bond donors (Lipinski definition) is 0. The first-order valence-corrected chi connectivity index (χ1v) is 11.2. The lowest BCUT2D eigenvalue weighted by Crippen LogP contribution is -2.37. The molecule has 0 spiro atoms. The van der Waals surface area contributed by atoms with Crippen LogP contribution in [0.4, 0.5) is 5.69 Å². The number of benzene rings is 2. The zero-order chi connectivity index (χ0) is 23.6. The van der Waals surface area contributed by atoms with Gasteiger partial charge in [0.25, 0.3) is 0 Å². The molecule has 1 fully saturated rings. The molecule has 8 nitrogen and oxygen atoms in total. The van der Waals surface area contributed by atoms with Gasteiger partial charge in [0.1, 0.15) is 12.3 Å². The van der Waals surface area contributed by atoms with Crippen molar-refractivity contribution in [3.8, 4) is 17.1 Å². The second-order valence-corrected chi connectivity index (χ2v) is 9.36. The highest BCUT2D eigenvalue weighted by atomic mass is 16.5. The van der Waals surface area contributed by atoms with Gasteiger partial charge in [-0.1, -0.05) is 44.5 Å². The molecule has 174 valence electrons. The van der Waals surface area contributed by atoms with Crippen LogP contribution in [0.5, 0.6) is 5.75 Å². The summed E-state index contributed by atoms with van der Waals surface area (Å²) in [5.74, 6) is 1.23. The number of aromatic nitrogens is 4. The predicted octanol–water partition coefficient (Wildman–Crippen LogP) is 3.67. The maximum atomic E-state index is 13.3. The third-order valence-electron chi connectivity index (χ3n) is 5.77. The number of rotatable bonds is 6. The van der Waals surface area contributed by atoms with Crippen LogP contribution < -0.4 is 9.64 Å². The van der Waals surface area contributed by atoms with Crippen LogP contribution in [-0.2, 0) is 16.7 Å². The molecule has 0 unspecified atom stereocenters. The van der Waals surface area contributed by atoms with Gasteiger partial charge < -0.3 is 14.4 Å². The predicted molar refractivity (Wildman–Crippen MR) is 127 cm³/mol. The average Bonchev–Trinajstić information content (AvgIpc) is 3.26. The van der Waals surface area contributed by atoms with Crippen LogP contribution in [0.3, 0.4) is 0 Å². The van der Waals surface area contributed by atoms with Crippen molar-refractivity contribution in [3.63, 3.8) is 0 Å². The highest BCUT2D eigenvalue weighted by Gasteiger charge is 2.27. The lowest BCUT2D eigenvalue weighted by atomic mass is 9.84. The van der Waals surface area contributed by atoms with E-state index in [1.807, 2.05) is 43.3 Å². The molecular weight excluding hydrogens is 418 g/mol. The number of Topliss-reactive ketones (excluding diaryl/α,β-unsaturated/α-hetero) is 1. The molecule has 0 bridgehead atoms. The smallest absolute Gasteiger partial charge is 0.204 e. The van der Waals surface area contributed by atoms with Crippen LogP contribution in [0.15, 0.2) is 36.4 Å². The van der Waals surface area contributed by atoms with Gasteiger partial charge in [0.15, 0.2) is 5.78 Å². The Kier molecular flexibility index (Phi) is 6.47. The molecule has 1 aromatic heterocycles. The largest absolute Gasteiger partial charge is 0.494 e. The number of ketones is 1. The van der Waals surface area contributed by atoms with Crippen molar-refractivity contribution < 1.29 is 14.3 Å². The molecule has 2 heterocycles. The third kappa shape index (κ3) is 5.06. The number of aryl methyl sites for hydroxylation is 1. The summed E-state index contributed by atoms with van der Waals surface area (Å²) in [6.07, 6.45) is 0. The number of morpholine rings is 1. The van der Waals surface area contributed by atoms with Gasteiger partial charge in [-0.05, 0) is 35.8 Å². The van der Waals surface area contributed by atoms with Crippen molar-refractivity contribution in [1.82, 2.24) is 20.2 Å². The van der Waals surface area contributed by atoms with E-state index in [-0.39, 0.29) is 17.7 Å². The fraction of sp³-hybridized carbons (Fsp3) is 0.440. The molecule has 3 aromatic rings. The molecule has 0 saturated carbocycles. The number of ether oxygens (including phenoxy) is 2. The second kappa shape index (κ2) is 9.31. The van der Waals surface area contributed by atoms with Crippen molar-refractivity contribution in [2.24, 2.45) is 0 Å². The molecule has 0 atom stereocenters. The molecular formula is C25H31N5O3. The summed E-state index contributed by atoms with van der Waals surface area (Å²) in [7, 11) is 1.68. The SMILES string of the molecule is COc1c(N2CCOCC2)cc(C(=O)Cn2nnc(-c3cccc(C)c3)n2)cc1C(C)(C)C. The maximum absolute atomic E-state index is 13.3. The highest BCUT2D eigenvalue weighted by Crippen LogP contribution is 2.40. The van der Waals surface area contributed by atoms with Gasteiger partial charge in [0, 0.05) is 29.8 Å². The minimum atomic E-state index is -0.202. The number of nitrogens with zero attached hydrogens (tertiary/aromatic N) is 5. The fourth-order valence-electron chi connectivity index (χ4n) is 4.01. The van der Waals surface area contributed by atoms with Gasteiger partial charge in [0.2, 0.25) is 5.82 Å². The zero-order valence-corrected chi connectivity index (χ0v) is 20.0. The number of methoxy groups -OCH3 is 1. The monoisotopic (exact) mass is 449 g/mol. The van der Waals surface area contributed by atoms with E-state index >= 15 is 0 Å². The molecule has 8 heteroatoms. The lowest BCUT2D eigenvalue weighted by Gasteiger charge is -2.33. The number of carbonyl (C=O) groups is 1. The summed E-state index contributed by atoms with van der Waals surface area (Å²) < 4.78 is 11.4. The molecule has 4 rings (SSSR count). The topological polar surface area (TPSA) is 82.4 Å². The number of tetrazole rings is 1. The van der Waals surface area contributed by atoms with Crippen LogP contribution in [0.25, 0.3) is 11.4 Å². The van der Waals surface area contributed by atoms with Gasteiger partial charge >= 0.3 is 0 Å². The Bertz CT molecular complexity index is 1140. The normalized spacial score (nSPS) is 14.4. The van der Waals surface area contributed by atoms with Gasteiger partial charge in [-0.25, -0.2) is 0 Å². The Hall–Kier alpha value is -3.26. The summed E-state index contributed by atoms with van der Waals surface area (Å²) in [5, 5.41) is 12.7. The van der Waals surface area contributed by atoms with E-state index in [1.54, 1.807) is 7.11 Å². The van der Waals surface area contributed by atoms with Crippen LogP contribution in [0, 0.1) is 6.92 Å². The number of hydrogen-bond acceptors (Lipinski definition) is 7. The summed E-state index contributed by atoms with van der Waals surface area (Å²) in [4.78, 5) is 16.9. The minimum Gasteiger partial charge on any atom is -0.494 e. The Morgan fingerprint density at radius 1 is 1.15 bits per heavy atom. The van der Waals surface area contributed by atoms with Crippen LogP contribution in [0.1, 0.15) is 42.3 Å². The van der Waals surface area contributed by atoms with E-state index in [4.69, 9.17) is 9.47 Å².